The summed E-state index contributed by atoms with van der Waals surface area (Å²) in [6.45, 7) is 5.45. The van der Waals surface area contributed by atoms with E-state index in [4.69, 9.17) is 4.74 Å². The maximum Gasteiger partial charge on any atom is 0.275 e. The van der Waals surface area contributed by atoms with Crippen molar-refractivity contribution < 1.29 is 9.53 Å². The van der Waals surface area contributed by atoms with Crippen LogP contribution in [-0.4, -0.2) is 71.3 Å². The first-order valence-corrected chi connectivity index (χ1v) is 9.58. The lowest BCUT2D eigenvalue weighted by molar-refractivity contribution is 0.0681. The van der Waals surface area contributed by atoms with Crippen molar-refractivity contribution in [3.8, 4) is 0 Å². The number of amides is 1. The van der Waals surface area contributed by atoms with Gasteiger partial charge in [-0.15, -0.1) is 0 Å². The molecule has 0 aliphatic carbocycles. The quantitative estimate of drug-likeness (QED) is 0.901. The fraction of sp³-hybridized carbons (Fsp3) is 0.500. The lowest BCUT2D eigenvalue weighted by Gasteiger charge is -2.31. The van der Waals surface area contributed by atoms with Gasteiger partial charge in [0.05, 0.1) is 18.7 Å². The van der Waals surface area contributed by atoms with Gasteiger partial charge in [0.15, 0.2) is 5.69 Å². The first-order chi connectivity index (χ1) is 12.8. The van der Waals surface area contributed by atoms with Crippen LogP contribution in [0.3, 0.4) is 0 Å². The summed E-state index contributed by atoms with van der Waals surface area (Å²) in [5.41, 5.74) is 3.98. The molecular weight excluding hydrogens is 328 g/mol. The molecule has 6 heteroatoms. The van der Waals surface area contributed by atoms with Gasteiger partial charge in [0.2, 0.25) is 0 Å². The molecule has 6 rings (SSSR count). The SMILES string of the molecule is O=C(c1n[nH]c2cc(C3=CCOCC3)ccc12)N1CCN2CCC1CC2. The standard InChI is InChI=1S/C20H24N4O2/c25-20(24-10-9-23-7-3-16(24)4-8-23)19-17-2-1-15(13-18(17)21-22-19)14-5-11-26-12-6-14/h1-2,5,13,16H,3-4,6-12H2,(H,21,22). The van der Waals surface area contributed by atoms with Crippen molar-refractivity contribution in [3.05, 3.63) is 35.5 Å². The highest BCUT2D eigenvalue weighted by molar-refractivity contribution is 6.05. The zero-order valence-electron chi connectivity index (χ0n) is 14.9. The third-order valence-electron chi connectivity index (χ3n) is 6.02. The van der Waals surface area contributed by atoms with Crippen LogP contribution < -0.4 is 0 Å². The largest absolute Gasteiger partial charge is 0.377 e. The van der Waals surface area contributed by atoms with Crippen LogP contribution >= 0.6 is 0 Å². The van der Waals surface area contributed by atoms with Gasteiger partial charge in [0, 0.05) is 37.6 Å². The molecular formula is C20H24N4O2. The number of ether oxygens (including phenoxy) is 1. The molecule has 0 unspecified atom stereocenters. The summed E-state index contributed by atoms with van der Waals surface area (Å²) in [5, 5.41) is 8.40. The fourth-order valence-electron chi connectivity index (χ4n) is 4.46. The molecule has 0 radical (unpaired) electrons. The molecule has 1 aromatic carbocycles. The number of rotatable bonds is 2. The molecule has 1 amide bonds. The summed E-state index contributed by atoms with van der Waals surface area (Å²) < 4.78 is 5.40. The Balaban J connectivity index is 1.45. The fourth-order valence-corrected chi connectivity index (χ4v) is 4.46. The first-order valence-electron chi connectivity index (χ1n) is 9.58. The van der Waals surface area contributed by atoms with Gasteiger partial charge in [-0.2, -0.15) is 5.10 Å². The molecule has 4 aliphatic rings. The van der Waals surface area contributed by atoms with Gasteiger partial charge >= 0.3 is 0 Å². The molecule has 5 heterocycles. The maximum absolute atomic E-state index is 13.2. The van der Waals surface area contributed by atoms with E-state index in [1.165, 1.54) is 11.1 Å². The van der Waals surface area contributed by atoms with Gasteiger partial charge in [0.25, 0.3) is 5.91 Å². The van der Waals surface area contributed by atoms with Gasteiger partial charge in [0.1, 0.15) is 0 Å². The highest BCUT2D eigenvalue weighted by Gasteiger charge is 2.33. The number of benzene rings is 1. The summed E-state index contributed by atoms with van der Waals surface area (Å²) in [6, 6.07) is 6.61. The van der Waals surface area contributed by atoms with E-state index in [1.807, 2.05) is 6.07 Å². The van der Waals surface area contributed by atoms with Crippen molar-refractivity contribution >= 4 is 22.4 Å². The number of H-pyrrole nitrogens is 1. The van der Waals surface area contributed by atoms with Crippen LogP contribution in [0.5, 0.6) is 0 Å². The second-order valence-corrected chi connectivity index (χ2v) is 7.46. The molecule has 2 bridgehead atoms. The highest BCUT2D eigenvalue weighted by Crippen LogP contribution is 2.28. The number of nitrogens with zero attached hydrogens (tertiary/aromatic N) is 3. The van der Waals surface area contributed by atoms with Crippen molar-refractivity contribution in [1.29, 1.82) is 0 Å². The Morgan fingerprint density at radius 2 is 2.08 bits per heavy atom. The van der Waals surface area contributed by atoms with Crippen LogP contribution in [0, 0.1) is 0 Å². The summed E-state index contributed by atoms with van der Waals surface area (Å²) >= 11 is 0. The van der Waals surface area contributed by atoms with Gasteiger partial charge in [-0.25, -0.2) is 0 Å². The average Bonchev–Trinajstić information content (AvgIpc) is 2.88. The molecule has 1 N–H and O–H groups in total. The van der Waals surface area contributed by atoms with E-state index >= 15 is 0 Å². The third kappa shape index (κ3) is 2.73. The molecule has 0 atom stereocenters. The van der Waals surface area contributed by atoms with Crippen LogP contribution in [0.4, 0.5) is 0 Å². The smallest absolute Gasteiger partial charge is 0.275 e. The Kier molecular flexibility index (Phi) is 4.02. The summed E-state index contributed by atoms with van der Waals surface area (Å²) in [7, 11) is 0. The molecule has 1 aromatic heterocycles. The van der Waals surface area contributed by atoms with Crippen molar-refractivity contribution in [2.24, 2.45) is 0 Å². The second kappa shape index (κ2) is 6.52. The van der Waals surface area contributed by atoms with Crippen molar-refractivity contribution in [2.45, 2.75) is 25.3 Å². The number of aromatic amines is 1. The molecule has 6 nitrogen and oxygen atoms in total. The highest BCUT2D eigenvalue weighted by atomic mass is 16.5. The lowest BCUT2D eigenvalue weighted by Crippen LogP contribution is -2.41. The average molecular weight is 352 g/mol. The van der Waals surface area contributed by atoms with Crippen LogP contribution in [-0.2, 0) is 4.74 Å². The Hall–Kier alpha value is -2.18. The number of piperidine rings is 1. The normalized spacial score (nSPS) is 26.0. The van der Waals surface area contributed by atoms with Crippen LogP contribution in [0.1, 0.15) is 35.3 Å². The number of carbonyl (C=O) groups excluding carboxylic acids is 1. The first kappa shape index (κ1) is 16.0. The van der Waals surface area contributed by atoms with Crippen molar-refractivity contribution in [1.82, 2.24) is 20.0 Å². The van der Waals surface area contributed by atoms with Crippen molar-refractivity contribution in [3.63, 3.8) is 0 Å². The van der Waals surface area contributed by atoms with E-state index in [9.17, 15) is 4.79 Å². The van der Waals surface area contributed by atoms with Crippen LogP contribution in [0.2, 0.25) is 0 Å². The Morgan fingerprint density at radius 3 is 2.88 bits per heavy atom. The number of hydrogen-bond donors (Lipinski definition) is 1. The Bertz CT molecular complexity index is 864. The summed E-state index contributed by atoms with van der Waals surface area (Å²) in [4.78, 5) is 17.7. The minimum absolute atomic E-state index is 0.0723. The summed E-state index contributed by atoms with van der Waals surface area (Å²) in [5.74, 6) is 0.0723. The molecule has 0 saturated carbocycles. The van der Waals surface area contributed by atoms with E-state index in [0.717, 1.165) is 63.0 Å². The topological polar surface area (TPSA) is 61.5 Å². The monoisotopic (exact) mass is 352 g/mol. The van der Waals surface area contributed by atoms with Crippen molar-refractivity contribution in [2.75, 3.05) is 39.4 Å². The number of carbonyl (C=O) groups is 1. The number of nitrogens with one attached hydrogen (secondary N) is 1. The lowest BCUT2D eigenvalue weighted by atomic mass is 9.99. The molecule has 3 saturated heterocycles. The molecule has 136 valence electrons. The zero-order chi connectivity index (χ0) is 17.5. The number of hydrogen-bond acceptors (Lipinski definition) is 4. The maximum atomic E-state index is 13.2. The predicted octanol–water partition coefficient (Wildman–Crippen LogP) is 2.29. The van der Waals surface area contributed by atoms with E-state index in [-0.39, 0.29) is 5.91 Å². The minimum Gasteiger partial charge on any atom is -0.377 e. The summed E-state index contributed by atoms with van der Waals surface area (Å²) in [6.07, 6.45) is 5.22. The van der Waals surface area contributed by atoms with Crippen LogP contribution in [0.15, 0.2) is 24.3 Å². The predicted molar refractivity (Wildman–Crippen MR) is 100 cm³/mol. The third-order valence-corrected chi connectivity index (χ3v) is 6.02. The molecule has 2 aromatic rings. The minimum atomic E-state index is 0.0723. The number of fused-ring (bicyclic) bond motifs is 5. The molecule has 4 aliphatic heterocycles. The van der Waals surface area contributed by atoms with E-state index in [0.29, 0.717) is 18.3 Å². The second-order valence-electron chi connectivity index (χ2n) is 7.46. The zero-order valence-corrected chi connectivity index (χ0v) is 14.9. The van der Waals surface area contributed by atoms with Gasteiger partial charge in [-0.3, -0.25) is 9.89 Å². The van der Waals surface area contributed by atoms with Gasteiger partial charge < -0.3 is 14.5 Å². The van der Waals surface area contributed by atoms with E-state index in [1.54, 1.807) is 0 Å². The van der Waals surface area contributed by atoms with E-state index in [2.05, 4.69) is 38.2 Å². The Morgan fingerprint density at radius 1 is 1.19 bits per heavy atom. The van der Waals surface area contributed by atoms with Crippen LogP contribution in [0.25, 0.3) is 16.5 Å². The van der Waals surface area contributed by atoms with Gasteiger partial charge in [-0.05, 0) is 42.5 Å². The van der Waals surface area contributed by atoms with E-state index < -0.39 is 0 Å². The molecule has 26 heavy (non-hydrogen) atoms. The Labute approximate surface area is 152 Å². The molecule has 0 spiro atoms. The molecule has 3 fully saturated rings. The van der Waals surface area contributed by atoms with Gasteiger partial charge in [-0.1, -0.05) is 12.1 Å². The number of aromatic nitrogens is 2.